The van der Waals surface area contributed by atoms with Crippen LogP contribution in [0.4, 0.5) is 0 Å². The number of rotatable bonds is 4. The lowest BCUT2D eigenvalue weighted by molar-refractivity contribution is 0.429. The number of halogens is 1. The minimum absolute atomic E-state index is 0.188. The highest BCUT2D eigenvalue weighted by Gasteiger charge is 2.12. The molecule has 1 aromatic carbocycles. The van der Waals surface area contributed by atoms with Gasteiger partial charge in [0.25, 0.3) is 0 Å². The van der Waals surface area contributed by atoms with Crippen molar-refractivity contribution in [3.63, 3.8) is 0 Å². The van der Waals surface area contributed by atoms with Gasteiger partial charge in [0.05, 0.1) is 12.3 Å². The largest absolute Gasteiger partial charge is 0.468 e. The average Bonchev–Trinajstić information content (AvgIpc) is 2.79. The van der Waals surface area contributed by atoms with E-state index in [0.29, 0.717) is 0 Å². The predicted octanol–water partition coefficient (Wildman–Crippen LogP) is 3.44. The van der Waals surface area contributed by atoms with E-state index in [2.05, 4.69) is 11.4 Å². The SMILES string of the molecule is CNC(Cc1cccc(Cl)c1)c1ccco1. The van der Waals surface area contributed by atoms with Crippen molar-refractivity contribution in [2.75, 3.05) is 7.05 Å². The van der Waals surface area contributed by atoms with Crippen LogP contribution in [-0.2, 0) is 6.42 Å². The summed E-state index contributed by atoms with van der Waals surface area (Å²) >= 11 is 5.95. The molecule has 84 valence electrons. The minimum atomic E-state index is 0.188. The van der Waals surface area contributed by atoms with Crippen molar-refractivity contribution in [3.8, 4) is 0 Å². The standard InChI is InChI=1S/C13H14ClNO/c1-15-12(13-6-3-7-16-13)9-10-4-2-5-11(14)8-10/h2-8,12,15H,9H2,1H3. The fourth-order valence-electron chi connectivity index (χ4n) is 1.73. The van der Waals surface area contributed by atoms with E-state index >= 15 is 0 Å². The van der Waals surface area contributed by atoms with Gasteiger partial charge in [-0.05, 0) is 43.3 Å². The Morgan fingerprint density at radius 2 is 2.19 bits per heavy atom. The van der Waals surface area contributed by atoms with Crippen molar-refractivity contribution in [1.82, 2.24) is 5.32 Å². The van der Waals surface area contributed by atoms with E-state index in [-0.39, 0.29) is 6.04 Å². The van der Waals surface area contributed by atoms with Gasteiger partial charge in [-0.3, -0.25) is 0 Å². The van der Waals surface area contributed by atoms with E-state index in [1.54, 1.807) is 6.26 Å². The molecule has 1 atom stereocenters. The van der Waals surface area contributed by atoms with Gasteiger partial charge in [0.15, 0.2) is 0 Å². The van der Waals surface area contributed by atoms with Crippen LogP contribution in [0.1, 0.15) is 17.4 Å². The average molecular weight is 236 g/mol. The number of hydrogen-bond donors (Lipinski definition) is 1. The predicted molar refractivity (Wildman–Crippen MR) is 65.7 cm³/mol. The van der Waals surface area contributed by atoms with Gasteiger partial charge in [0.1, 0.15) is 5.76 Å². The minimum Gasteiger partial charge on any atom is -0.468 e. The number of hydrogen-bond acceptors (Lipinski definition) is 2. The summed E-state index contributed by atoms with van der Waals surface area (Å²) < 4.78 is 5.39. The Balaban J connectivity index is 2.13. The van der Waals surface area contributed by atoms with E-state index in [9.17, 15) is 0 Å². The van der Waals surface area contributed by atoms with Gasteiger partial charge in [-0.15, -0.1) is 0 Å². The lowest BCUT2D eigenvalue weighted by Gasteiger charge is -2.13. The van der Waals surface area contributed by atoms with Gasteiger partial charge in [-0.25, -0.2) is 0 Å². The van der Waals surface area contributed by atoms with Crippen LogP contribution < -0.4 is 5.32 Å². The summed E-state index contributed by atoms with van der Waals surface area (Å²) in [6.45, 7) is 0. The highest BCUT2D eigenvalue weighted by Crippen LogP contribution is 2.20. The summed E-state index contributed by atoms with van der Waals surface area (Å²) in [5.74, 6) is 0.947. The fourth-order valence-corrected chi connectivity index (χ4v) is 1.95. The third kappa shape index (κ3) is 2.65. The molecule has 0 aliphatic heterocycles. The Hall–Kier alpha value is -1.25. The molecule has 1 aromatic heterocycles. The highest BCUT2D eigenvalue weighted by atomic mass is 35.5. The van der Waals surface area contributed by atoms with E-state index in [1.807, 2.05) is 37.4 Å². The Kier molecular flexibility index (Phi) is 3.65. The van der Waals surface area contributed by atoms with Gasteiger partial charge in [0.2, 0.25) is 0 Å². The van der Waals surface area contributed by atoms with E-state index < -0.39 is 0 Å². The molecule has 1 heterocycles. The third-order valence-corrected chi connectivity index (χ3v) is 2.80. The van der Waals surface area contributed by atoms with Crippen molar-refractivity contribution < 1.29 is 4.42 Å². The highest BCUT2D eigenvalue weighted by molar-refractivity contribution is 6.30. The van der Waals surface area contributed by atoms with Crippen molar-refractivity contribution >= 4 is 11.6 Å². The Morgan fingerprint density at radius 3 is 2.81 bits per heavy atom. The molecule has 0 spiro atoms. The maximum absolute atomic E-state index is 5.95. The first-order valence-corrected chi connectivity index (χ1v) is 5.62. The zero-order chi connectivity index (χ0) is 11.4. The van der Waals surface area contributed by atoms with Gasteiger partial charge >= 0.3 is 0 Å². The lowest BCUT2D eigenvalue weighted by atomic mass is 10.0. The molecule has 0 radical (unpaired) electrons. The third-order valence-electron chi connectivity index (χ3n) is 2.56. The summed E-state index contributed by atoms with van der Waals surface area (Å²) in [6, 6.07) is 12.0. The first kappa shape index (κ1) is 11.2. The van der Waals surface area contributed by atoms with Crippen molar-refractivity contribution in [2.45, 2.75) is 12.5 Å². The van der Waals surface area contributed by atoms with Gasteiger partial charge in [-0.1, -0.05) is 23.7 Å². The van der Waals surface area contributed by atoms with Crippen LogP contribution in [0, 0.1) is 0 Å². The topological polar surface area (TPSA) is 25.2 Å². The molecule has 0 bridgehead atoms. The van der Waals surface area contributed by atoms with E-state index in [0.717, 1.165) is 17.2 Å². The second-order valence-electron chi connectivity index (χ2n) is 3.69. The Bertz CT molecular complexity index is 439. The zero-order valence-electron chi connectivity index (χ0n) is 9.11. The van der Waals surface area contributed by atoms with Crippen molar-refractivity contribution in [3.05, 3.63) is 59.0 Å². The first-order valence-electron chi connectivity index (χ1n) is 5.24. The number of likely N-dealkylation sites (N-methyl/N-ethyl adjacent to an activating group) is 1. The molecule has 1 unspecified atom stereocenters. The summed E-state index contributed by atoms with van der Waals surface area (Å²) in [5, 5.41) is 4.01. The molecule has 3 heteroatoms. The van der Waals surface area contributed by atoms with Gasteiger partial charge in [0, 0.05) is 5.02 Å². The summed E-state index contributed by atoms with van der Waals surface area (Å²) in [4.78, 5) is 0. The molecule has 0 aliphatic carbocycles. The molecule has 1 N–H and O–H groups in total. The fraction of sp³-hybridized carbons (Fsp3) is 0.231. The normalized spacial score (nSPS) is 12.6. The molecule has 0 aliphatic rings. The number of nitrogens with one attached hydrogen (secondary N) is 1. The van der Waals surface area contributed by atoms with Crippen molar-refractivity contribution in [1.29, 1.82) is 0 Å². The lowest BCUT2D eigenvalue weighted by Crippen LogP contribution is -2.18. The van der Waals surface area contributed by atoms with E-state index in [4.69, 9.17) is 16.0 Å². The second kappa shape index (κ2) is 5.19. The molecule has 2 nitrogen and oxygen atoms in total. The van der Waals surface area contributed by atoms with Crippen LogP contribution in [0.15, 0.2) is 47.1 Å². The second-order valence-corrected chi connectivity index (χ2v) is 4.13. The zero-order valence-corrected chi connectivity index (χ0v) is 9.87. The van der Waals surface area contributed by atoms with E-state index in [1.165, 1.54) is 5.56 Å². The molecule has 0 saturated heterocycles. The summed E-state index contributed by atoms with van der Waals surface area (Å²) in [6.07, 6.45) is 2.56. The molecular weight excluding hydrogens is 222 g/mol. The molecule has 2 aromatic rings. The van der Waals surface area contributed by atoms with Crippen LogP contribution in [0.3, 0.4) is 0 Å². The first-order chi connectivity index (χ1) is 7.79. The monoisotopic (exact) mass is 235 g/mol. The van der Waals surface area contributed by atoms with Crippen LogP contribution in [0.5, 0.6) is 0 Å². The maximum atomic E-state index is 5.95. The van der Waals surface area contributed by atoms with Crippen LogP contribution in [-0.4, -0.2) is 7.05 Å². The molecule has 0 amide bonds. The molecule has 16 heavy (non-hydrogen) atoms. The van der Waals surface area contributed by atoms with Gasteiger partial charge < -0.3 is 9.73 Å². The summed E-state index contributed by atoms with van der Waals surface area (Å²) in [5.41, 5.74) is 1.20. The number of furan rings is 1. The molecule has 2 rings (SSSR count). The Morgan fingerprint density at radius 1 is 1.31 bits per heavy atom. The van der Waals surface area contributed by atoms with Gasteiger partial charge in [-0.2, -0.15) is 0 Å². The molecular formula is C13H14ClNO. The smallest absolute Gasteiger partial charge is 0.121 e. The quantitative estimate of drug-likeness (QED) is 0.878. The maximum Gasteiger partial charge on any atom is 0.121 e. The van der Waals surface area contributed by atoms with Crippen molar-refractivity contribution in [2.24, 2.45) is 0 Å². The summed E-state index contributed by atoms with van der Waals surface area (Å²) in [7, 11) is 1.93. The molecule has 0 saturated carbocycles. The van der Waals surface area contributed by atoms with Crippen LogP contribution in [0.2, 0.25) is 5.02 Å². The van der Waals surface area contributed by atoms with Crippen LogP contribution >= 0.6 is 11.6 Å². The van der Waals surface area contributed by atoms with Crippen LogP contribution in [0.25, 0.3) is 0 Å². The Labute approximate surface area is 100 Å². The number of benzene rings is 1. The molecule has 0 fully saturated rings.